The van der Waals surface area contributed by atoms with Crippen LogP contribution < -0.4 is 5.32 Å². The molecule has 1 aliphatic heterocycles. The van der Waals surface area contributed by atoms with Crippen molar-refractivity contribution in [3.8, 4) is 0 Å². The highest BCUT2D eigenvalue weighted by atomic mass is 16.5. The van der Waals surface area contributed by atoms with Crippen molar-refractivity contribution in [2.24, 2.45) is 0 Å². The lowest BCUT2D eigenvalue weighted by atomic mass is 10.2. The summed E-state index contributed by atoms with van der Waals surface area (Å²) in [6, 6.07) is -1.16. The number of urea groups is 1. The highest BCUT2D eigenvalue weighted by Gasteiger charge is 2.24. The molecule has 92 valence electrons. The van der Waals surface area contributed by atoms with Gasteiger partial charge in [-0.05, 0) is 12.8 Å². The van der Waals surface area contributed by atoms with Crippen molar-refractivity contribution in [2.45, 2.75) is 25.3 Å². The van der Waals surface area contributed by atoms with Crippen molar-refractivity contribution in [3.05, 3.63) is 0 Å². The van der Waals surface area contributed by atoms with Gasteiger partial charge in [0, 0.05) is 33.2 Å². The minimum Gasteiger partial charge on any atom is -0.480 e. The lowest BCUT2D eigenvalue weighted by Crippen LogP contribution is -2.47. The first kappa shape index (κ1) is 12.8. The molecule has 0 bridgehead atoms. The molecule has 1 unspecified atom stereocenters. The van der Waals surface area contributed by atoms with Crippen molar-refractivity contribution >= 4 is 12.0 Å². The number of likely N-dealkylation sites (tertiary alicyclic amines) is 1. The van der Waals surface area contributed by atoms with Crippen LogP contribution in [0.15, 0.2) is 0 Å². The lowest BCUT2D eigenvalue weighted by molar-refractivity contribution is -0.139. The zero-order valence-electron chi connectivity index (χ0n) is 9.44. The first-order chi connectivity index (χ1) is 7.65. The minimum absolute atomic E-state index is 0.283. The Balaban J connectivity index is 2.40. The van der Waals surface area contributed by atoms with E-state index in [-0.39, 0.29) is 12.5 Å². The lowest BCUT2D eigenvalue weighted by Gasteiger charge is -2.20. The van der Waals surface area contributed by atoms with Crippen LogP contribution in [0.5, 0.6) is 0 Å². The van der Waals surface area contributed by atoms with E-state index in [0.29, 0.717) is 19.7 Å². The molecule has 1 aliphatic rings. The van der Waals surface area contributed by atoms with Gasteiger partial charge < -0.3 is 20.1 Å². The number of hydrogen-bond acceptors (Lipinski definition) is 3. The summed E-state index contributed by atoms with van der Waals surface area (Å²) in [6.07, 6.45) is 2.26. The molecule has 0 spiro atoms. The third-order valence-corrected chi connectivity index (χ3v) is 2.60. The Labute approximate surface area is 94.6 Å². The number of methoxy groups -OCH3 is 1. The summed E-state index contributed by atoms with van der Waals surface area (Å²) in [5.74, 6) is -1.02. The van der Waals surface area contributed by atoms with Gasteiger partial charge in [-0.2, -0.15) is 0 Å². The number of amides is 2. The Morgan fingerprint density at radius 3 is 2.56 bits per heavy atom. The number of ether oxygens (including phenoxy) is 1. The van der Waals surface area contributed by atoms with Crippen LogP contribution in [-0.2, 0) is 9.53 Å². The van der Waals surface area contributed by atoms with E-state index >= 15 is 0 Å². The monoisotopic (exact) mass is 230 g/mol. The maximum Gasteiger partial charge on any atom is 0.326 e. The Bertz CT molecular complexity index is 251. The first-order valence-electron chi connectivity index (χ1n) is 5.42. The van der Waals surface area contributed by atoms with Gasteiger partial charge in [0.2, 0.25) is 0 Å². The molecule has 1 saturated heterocycles. The zero-order chi connectivity index (χ0) is 12.0. The van der Waals surface area contributed by atoms with Crippen LogP contribution in [0.25, 0.3) is 0 Å². The number of nitrogens with zero attached hydrogens (tertiary/aromatic N) is 1. The average molecular weight is 230 g/mol. The van der Waals surface area contributed by atoms with Crippen LogP contribution in [0, 0.1) is 0 Å². The molecule has 0 aliphatic carbocycles. The second kappa shape index (κ2) is 6.32. The van der Waals surface area contributed by atoms with Gasteiger partial charge in [0.15, 0.2) is 0 Å². The van der Waals surface area contributed by atoms with Crippen LogP contribution in [0.2, 0.25) is 0 Å². The number of hydrogen-bond donors (Lipinski definition) is 2. The summed E-state index contributed by atoms with van der Waals surface area (Å²) < 4.78 is 4.80. The molecule has 0 aromatic carbocycles. The largest absolute Gasteiger partial charge is 0.480 e. The molecule has 0 saturated carbocycles. The summed E-state index contributed by atoms with van der Waals surface area (Å²) in [5, 5.41) is 11.4. The molecule has 1 fully saturated rings. The third-order valence-electron chi connectivity index (χ3n) is 2.60. The van der Waals surface area contributed by atoms with E-state index in [9.17, 15) is 9.59 Å². The molecule has 1 heterocycles. The number of carbonyl (C=O) groups excluding carboxylic acids is 1. The van der Waals surface area contributed by atoms with E-state index in [1.165, 1.54) is 7.11 Å². The number of carboxylic acid groups (broad SMARTS) is 1. The number of aliphatic carboxylic acids is 1. The van der Waals surface area contributed by atoms with Gasteiger partial charge in [0.1, 0.15) is 6.04 Å². The van der Waals surface area contributed by atoms with Gasteiger partial charge in [-0.15, -0.1) is 0 Å². The van der Waals surface area contributed by atoms with E-state index in [0.717, 1.165) is 12.8 Å². The van der Waals surface area contributed by atoms with Gasteiger partial charge >= 0.3 is 12.0 Å². The third kappa shape index (κ3) is 3.69. The van der Waals surface area contributed by atoms with Gasteiger partial charge in [0.05, 0.1) is 0 Å². The summed E-state index contributed by atoms with van der Waals surface area (Å²) >= 11 is 0. The number of carbonyl (C=O) groups is 2. The Morgan fingerprint density at radius 1 is 1.44 bits per heavy atom. The molecule has 0 radical (unpaired) electrons. The average Bonchev–Trinajstić information content (AvgIpc) is 2.76. The maximum atomic E-state index is 11.6. The van der Waals surface area contributed by atoms with E-state index in [1.807, 2.05) is 0 Å². The normalized spacial score (nSPS) is 17.2. The van der Waals surface area contributed by atoms with Crippen molar-refractivity contribution < 1.29 is 19.4 Å². The Hall–Kier alpha value is -1.30. The SMILES string of the molecule is COCCC(NC(=O)N1CCCC1)C(=O)O. The molecule has 2 N–H and O–H groups in total. The summed E-state index contributed by atoms with van der Waals surface area (Å²) in [5.41, 5.74) is 0. The number of rotatable bonds is 5. The molecular formula is C10H18N2O4. The fourth-order valence-corrected chi connectivity index (χ4v) is 1.65. The fraction of sp³-hybridized carbons (Fsp3) is 0.800. The van der Waals surface area contributed by atoms with Gasteiger partial charge in [0.25, 0.3) is 0 Å². The van der Waals surface area contributed by atoms with Crippen molar-refractivity contribution in [3.63, 3.8) is 0 Å². The Kier molecular flexibility index (Phi) is 5.04. The second-order valence-corrected chi connectivity index (χ2v) is 3.82. The van der Waals surface area contributed by atoms with Crippen LogP contribution in [0.3, 0.4) is 0 Å². The predicted molar refractivity (Wildman–Crippen MR) is 57.3 cm³/mol. The van der Waals surface area contributed by atoms with Crippen LogP contribution >= 0.6 is 0 Å². The summed E-state index contributed by atoms with van der Waals surface area (Å²) in [7, 11) is 1.50. The van der Waals surface area contributed by atoms with Crippen molar-refractivity contribution in [1.29, 1.82) is 0 Å². The van der Waals surface area contributed by atoms with Crippen molar-refractivity contribution in [2.75, 3.05) is 26.8 Å². The van der Waals surface area contributed by atoms with Crippen molar-refractivity contribution in [1.82, 2.24) is 10.2 Å². The fourth-order valence-electron chi connectivity index (χ4n) is 1.65. The standard InChI is InChI=1S/C10H18N2O4/c1-16-7-4-8(9(13)14)11-10(15)12-5-2-3-6-12/h8H,2-7H2,1H3,(H,11,15)(H,13,14). The smallest absolute Gasteiger partial charge is 0.326 e. The number of carboxylic acids is 1. The van der Waals surface area contributed by atoms with Gasteiger partial charge in [-0.3, -0.25) is 0 Å². The molecule has 0 aromatic heterocycles. The molecule has 1 rings (SSSR count). The molecule has 0 aromatic rings. The van der Waals surface area contributed by atoms with Gasteiger partial charge in [-0.25, -0.2) is 9.59 Å². The van der Waals surface area contributed by atoms with E-state index in [2.05, 4.69) is 5.32 Å². The molecular weight excluding hydrogens is 212 g/mol. The molecule has 2 amide bonds. The predicted octanol–water partition coefficient (Wildman–Crippen LogP) is 0.281. The van der Waals surface area contributed by atoms with Crippen LogP contribution in [0.1, 0.15) is 19.3 Å². The van der Waals surface area contributed by atoms with E-state index < -0.39 is 12.0 Å². The minimum atomic E-state index is -1.02. The topological polar surface area (TPSA) is 78.9 Å². The molecule has 16 heavy (non-hydrogen) atoms. The molecule has 6 nitrogen and oxygen atoms in total. The zero-order valence-corrected chi connectivity index (χ0v) is 9.44. The number of nitrogens with one attached hydrogen (secondary N) is 1. The summed E-state index contributed by atoms with van der Waals surface area (Å²) in [4.78, 5) is 24.1. The molecule has 1 atom stereocenters. The quantitative estimate of drug-likeness (QED) is 0.711. The van der Waals surface area contributed by atoms with Crippen LogP contribution in [-0.4, -0.2) is 54.9 Å². The molecule has 6 heteroatoms. The summed E-state index contributed by atoms with van der Waals surface area (Å²) in [6.45, 7) is 1.74. The Morgan fingerprint density at radius 2 is 2.06 bits per heavy atom. The van der Waals surface area contributed by atoms with E-state index in [4.69, 9.17) is 9.84 Å². The van der Waals surface area contributed by atoms with Crippen LogP contribution in [0.4, 0.5) is 4.79 Å². The highest BCUT2D eigenvalue weighted by molar-refractivity contribution is 5.82. The van der Waals surface area contributed by atoms with Gasteiger partial charge in [-0.1, -0.05) is 0 Å². The second-order valence-electron chi connectivity index (χ2n) is 3.82. The highest BCUT2D eigenvalue weighted by Crippen LogP contribution is 2.07. The maximum absolute atomic E-state index is 11.6. The first-order valence-corrected chi connectivity index (χ1v) is 5.42. The van der Waals surface area contributed by atoms with E-state index in [1.54, 1.807) is 4.90 Å².